The molecule has 1 aromatic heterocycles. The van der Waals surface area contributed by atoms with Crippen LogP contribution in [0.1, 0.15) is 35.2 Å². The highest BCUT2D eigenvalue weighted by Crippen LogP contribution is 2.41. The molecule has 6 rings (SSSR count). The van der Waals surface area contributed by atoms with Crippen LogP contribution in [0.5, 0.6) is 0 Å². The van der Waals surface area contributed by atoms with Gasteiger partial charge in [-0.2, -0.15) is 0 Å². The van der Waals surface area contributed by atoms with Crippen molar-refractivity contribution in [3.05, 3.63) is 156 Å². The first-order chi connectivity index (χ1) is 20.7. The van der Waals surface area contributed by atoms with Crippen molar-refractivity contribution in [3.8, 4) is 0 Å². The number of hydrogen-bond donors (Lipinski definition) is 0. The fourth-order valence-corrected chi connectivity index (χ4v) is 6.60. The van der Waals surface area contributed by atoms with Crippen molar-refractivity contribution >= 4 is 11.6 Å². The summed E-state index contributed by atoms with van der Waals surface area (Å²) in [6.45, 7) is 1.28. The number of anilines is 1. The van der Waals surface area contributed by atoms with E-state index in [1.165, 1.54) is 16.7 Å². The molecule has 0 N–H and O–H groups in total. The van der Waals surface area contributed by atoms with Gasteiger partial charge in [0.2, 0.25) is 5.91 Å². The summed E-state index contributed by atoms with van der Waals surface area (Å²) in [4.78, 5) is 20.3. The molecular formula is C37H37N3O2. The number of para-hydroxylation sites is 1. The second-order valence-electron chi connectivity index (χ2n) is 11.1. The van der Waals surface area contributed by atoms with Gasteiger partial charge in [0, 0.05) is 37.4 Å². The summed E-state index contributed by atoms with van der Waals surface area (Å²) in [6.07, 6.45) is 6.64. The molecule has 0 spiro atoms. The van der Waals surface area contributed by atoms with E-state index in [4.69, 9.17) is 9.72 Å². The molecule has 4 aromatic carbocycles. The van der Waals surface area contributed by atoms with Gasteiger partial charge in [0.25, 0.3) is 0 Å². The van der Waals surface area contributed by atoms with Gasteiger partial charge in [-0.25, -0.2) is 4.98 Å². The maximum atomic E-state index is 13.5. The predicted octanol–water partition coefficient (Wildman–Crippen LogP) is 6.97. The average molecular weight is 556 g/mol. The number of aromatic nitrogens is 2. The number of methoxy groups -OCH3 is 1. The standard InChI is InChI=1S/C37H37N3O2/c1-42-27-29-25-40(34-22-12-5-13-23-34)36(41)35(29)24-14-21-33-26-39(28-38-33)37(30-15-6-2-7-16-30,31-17-8-3-9-18-31)32-19-10-4-11-20-32/h2-13,15-20,22-23,26,28-29,35H,14,21,24-25,27H2,1H3/t29-,35-/m0/s1. The number of rotatable bonds is 11. The molecule has 5 nitrogen and oxygen atoms in total. The number of aryl methyl sites for hydroxylation is 1. The molecule has 1 aliphatic heterocycles. The minimum atomic E-state index is -0.573. The minimum Gasteiger partial charge on any atom is -0.384 e. The van der Waals surface area contributed by atoms with Crippen LogP contribution in [0.25, 0.3) is 0 Å². The molecule has 1 saturated heterocycles. The Hall–Kier alpha value is -4.48. The Kier molecular flexibility index (Phi) is 8.29. The summed E-state index contributed by atoms with van der Waals surface area (Å²) < 4.78 is 7.78. The molecule has 1 aliphatic rings. The molecule has 0 aliphatic carbocycles. The van der Waals surface area contributed by atoms with Gasteiger partial charge in [-0.1, -0.05) is 109 Å². The molecule has 5 aromatic rings. The average Bonchev–Trinajstić information content (AvgIpc) is 3.64. The summed E-state index contributed by atoms with van der Waals surface area (Å²) in [6, 6.07) is 41.9. The van der Waals surface area contributed by atoms with Gasteiger partial charge >= 0.3 is 0 Å². The number of amides is 1. The Morgan fingerprint density at radius 3 is 1.83 bits per heavy atom. The normalized spacial score (nSPS) is 17.1. The van der Waals surface area contributed by atoms with Crippen molar-refractivity contribution in [2.24, 2.45) is 11.8 Å². The number of benzene rings is 4. The lowest BCUT2D eigenvalue weighted by Gasteiger charge is -2.37. The third-order valence-corrected chi connectivity index (χ3v) is 8.56. The summed E-state index contributed by atoms with van der Waals surface area (Å²) >= 11 is 0. The lowest BCUT2D eigenvalue weighted by molar-refractivity contribution is -0.121. The number of carbonyl (C=O) groups is 1. The van der Waals surface area contributed by atoms with Gasteiger partial charge < -0.3 is 14.2 Å². The molecular weight excluding hydrogens is 518 g/mol. The van der Waals surface area contributed by atoms with Gasteiger partial charge in [-0.15, -0.1) is 0 Å². The zero-order valence-corrected chi connectivity index (χ0v) is 24.1. The quantitative estimate of drug-likeness (QED) is 0.165. The fraction of sp³-hybridized carbons (Fsp3) is 0.243. The molecule has 2 heterocycles. The van der Waals surface area contributed by atoms with E-state index in [-0.39, 0.29) is 17.7 Å². The van der Waals surface area contributed by atoms with Crippen LogP contribution in [0.4, 0.5) is 5.69 Å². The van der Waals surface area contributed by atoms with E-state index in [1.54, 1.807) is 7.11 Å². The van der Waals surface area contributed by atoms with Gasteiger partial charge in [0.05, 0.1) is 18.6 Å². The molecule has 1 amide bonds. The molecule has 0 unspecified atom stereocenters. The second kappa shape index (κ2) is 12.6. The monoisotopic (exact) mass is 555 g/mol. The number of ether oxygens (including phenoxy) is 1. The third kappa shape index (κ3) is 5.28. The third-order valence-electron chi connectivity index (χ3n) is 8.56. The number of hydrogen-bond acceptors (Lipinski definition) is 3. The Morgan fingerprint density at radius 2 is 1.31 bits per heavy atom. The first kappa shape index (κ1) is 27.7. The number of carbonyl (C=O) groups excluding carboxylic acids is 1. The van der Waals surface area contributed by atoms with Crippen LogP contribution in [0.2, 0.25) is 0 Å². The van der Waals surface area contributed by atoms with E-state index in [2.05, 4.69) is 102 Å². The molecule has 2 atom stereocenters. The van der Waals surface area contributed by atoms with Gasteiger partial charge in [-0.05, 0) is 48.1 Å². The van der Waals surface area contributed by atoms with Crippen LogP contribution in [-0.2, 0) is 21.5 Å². The van der Waals surface area contributed by atoms with E-state index < -0.39 is 5.54 Å². The van der Waals surface area contributed by atoms with Crippen LogP contribution in [0.15, 0.2) is 134 Å². The minimum absolute atomic E-state index is 0.0516. The lowest BCUT2D eigenvalue weighted by Crippen LogP contribution is -2.36. The van der Waals surface area contributed by atoms with E-state index in [9.17, 15) is 4.79 Å². The topological polar surface area (TPSA) is 47.4 Å². The molecule has 5 heteroatoms. The molecule has 42 heavy (non-hydrogen) atoms. The Bertz CT molecular complexity index is 1470. The van der Waals surface area contributed by atoms with E-state index in [1.807, 2.05) is 41.6 Å². The highest BCUT2D eigenvalue weighted by atomic mass is 16.5. The summed E-state index contributed by atoms with van der Waals surface area (Å²) in [5.41, 5.74) is 4.93. The lowest BCUT2D eigenvalue weighted by atomic mass is 9.77. The van der Waals surface area contributed by atoms with Gasteiger partial charge in [0.15, 0.2) is 0 Å². The van der Waals surface area contributed by atoms with Gasteiger partial charge in [0.1, 0.15) is 5.54 Å². The van der Waals surface area contributed by atoms with Crippen molar-refractivity contribution in [2.75, 3.05) is 25.2 Å². The zero-order valence-electron chi connectivity index (χ0n) is 24.1. The SMILES string of the molecule is COC[C@@H]1CN(c2ccccc2)C(=O)[C@H]1CCCc1cn(C(c2ccccc2)(c2ccccc2)c2ccccc2)cn1. The van der Waals surface area contributed by atoms with Crippen molar-refractivity contribution < 1.29 is 9.53 Å². The molecule has 1 fully saturated rings. The van der Waals surface area contributed by atoms with Crippen LogP contribution in [0.3, 0.4) is 0 Å². The highest BCUT2D eigenvalue weighted by Gasteiger charge is 2.41. The van der Waals surface area contributed by atoms with E-state index in [0.29, 0.717) is 13.2 Å². The second-order valence-corrected chi connectivity index (χ2v) is 11.1. The Labute approximate surface area is 248 Å². The molecule has 0 bridgehead atoms. The van der Waals surface area contributed by atoms with Crippen LogP contribution < -0.4 is 4.90 Å². The summed E-state index contributed by atoms with van der Waals surface area (Å²) in [5, 5.41) is 0. The molecule has 0 saturated carbocycles. The molecule has 0 radical (unpaired) electrons. The summed E-state index contributed by atoms with van der Waals surface area (Å²) in [7, 11) is 1.72. The van der Waals surface area contributed by atoms with E-state index >= 15 is 0 Å². The number of nitrogens with zero attached hydrogens (tertiary/aromatic N) is 3. The van der Waals surface area contributed by atoms with Crippen LogP contribution in [0, 0.1) is 11.8 Å². The Balaban J connectivity index is 1.27. The van der Waals surface area contributed by atoms with Crippen molar-refractivity contribution in [2.45, 2.75) is 24.8 Å². The largest absolute Gasteiger partial charge is 0.384 e. The first-order valence-electron chi connectivity index (χ1n) is 14.8. The summed E-state index contributed by atoms with van der Waals surface area (Å²) in [5.74, 6) is 0.330. The van der Waals surface area contributed by atoms with Crippen molar-refractivity contribution in [1.29, 1.82) is 0 Å². The maximum Gasteiger partial charge on any atom is 0.230 e. The van der Waals surface area contributed by atoms with Crippen molar-refractivity contribution in [1.82, 2.24) is 9.55 Å². The van der Waals surface area contributed by atoms with Crippen LogP contribution >= 0.6 is 0 Å². The smallest absolute Gasteiger partial charge is 0.230 e. The van der Waals surface area contributed by atoms with E-state index in [0.717, 1.165) is 30.6 Å². The fourth-order valence-electron chi connectivity index (χ4n) is 6.60. The molecule has 212 valence electrons. The zero-order chi connectivity index (χ0) is 28.8. The Morgan fingerprint density at radius 1 is 0.786 bits per heavy atom. The highest BCUT2D eigenvalue weighted by molar-refractivity contribution is 5.97. The number of imidazole rings is 1. The maximum absolute atomic E-state index is 13.5. The predicted molar refractivity (Wildman–Crippen MR) is 167 cm³/mol. The van der Waals surface area contributed by atoms with Gasteiger partial charge in [-0.3, -0.25) is 4.79 Å². The van der Waals surface area contributed by atoms with Crippen LogP contribution in [-0.4, -0.2) is 35.7 Å². The van der Waals surface area contributed by atoms with Crippen molar-refractivity contribution in [3.63, 3.8) is 0 Å². The first-order valence-corrected chi connectivity index (χ1v) is 14.8.